The molecule has 0 unspecified atom stereocenters. The van der Waals surface area contributed by atoms with Crippen molar-refractivity contribution in [2.24, 2.45) is 0 Å². The lowest BCUT2D eigenvalue weighted by Crippen LogP contribution is -2.08. The standard InChI is InChI=1S/C14H9BrClNOS/c15-10-5-6-19-14(10)13(18)8-17-7-11(16)9-3-1-2-4-12(9)17/h1-7H,8H2. The monoisotopic (exact) mass is 353 g/mol. The van der Waals surface area contributed by atoms with Gasteiger partial charge in [0.05, 0.1) is 16.4 Å². The Hall–Kier alpha value is -1.10. The maximum absolute atomic E-state index is 12.3. The van der Waals surface area contributed by atoms with Crippen LogP contribution in [0, 0.1) is 0 Å². The van der Waals surface area contributed by atoms with Crippen molar-refractivity contribution >= 4 is 55.6 Å². The predicted octanol–water partition coefficient (Wildman–Crippen LogP) is 5.00. The van der Waals surface area contributed by atoms with Crippen molar-refractivity contribution in [3.8, 4) is 0 Å². The molecule has 0 aliphatic heterocycles. The van der Waals surface area contributed by atoms with E-state index < -0.39 is 0 Å². The lowest BCUT2D eigenvalue weighted by molar-refractivity contribution is 0.0977. The van der Waals surface area contributed by atoms with Crippen LogP contribution in [-0.4, -0.2) is 10.4 Å². The van der Waals surface area contributed by atoms with E-state index in [-0.39, 0.29) is 5.78 Å². The molecule has 0 fully saturated rings. The Labute approximate surface area is 127 Å². The average molecular weight is 355 g/mol. The fourth-order valence-corrected chi connectivity index (χ4v) is 3.86. The maximum atomic E-state index is 12.3. The van der Waals surface area contributed by atoms with E-state index in [1.54, 1.807) is 0 Å². The summed E-state index contributed by atoms with van der Waals surface area (Å²) in [6, 6.07) is 9.70. The highest BCUT2D eigenvalue weighted by molar-refractivity contribution is 9.10. The van der Waals surface area contributed by atoms with Crippen molar-refractivity contribution in [2.45, 2.75) is 6.54 Å². The molecule has 0 saturated carbocycles. The summed E-state index contributed by atoms with van der Waals surface area (Å²) in [7, 11) is 0. The van der Waals surface area contributed by atoms with Crippen LogP contribution in [0.4, 0.5) is 0 Å². The number of halogens is 2. The van der Waals surface area contributed by atoms with Gasteiger partial charge in [0, 0.05) is 21.6 Å². The molecule has 96 valence electrons. The molecule has 19 heavy (non-hydrogen) atoms. The third kappa shape index (κ3) is 2.36. The van der Waals surface area contributed by atoms with Crippen LogP contribution in [0.3, 0.4) is 0 Å². The van der Waals surface area contributed by atoms with Crippen LogP contribution in [0.2, 0.25) is 5.02 Å². The summed E-state index contributed by atoms with van der Waals surface area (Å²) < 4.78 is 2.75. The van der Waals surface area contributed by atoms with E-state index in [1.165, 1.54) is 11.3 Å². The number of hydrogen-bond acceptors (Lipinski definition) is 2. The lowest BCUT2D eigenvalue weighted by atomic mass is 10.2. The molecule has 0 aliphatic carbocycles. The van der Waals surface area contributed by atoms with Gasteiger partial charge in [-0.05, 0) is 33.4 Å². The maximum Gasteiger partial charge on any atom is 0.193 e. The van der Waals surface area contributed by atoms with E-state index in [2.05, 4.69) is 15.9 Å². The van der Waals surface area contributed by atoms with Crippen LogP contribution in [0.5, 0.6) is 0 Å². The summed E-state index contributed by atoms with van der Waals surface area (Å²) in [6.07, 6.45) is 1.81. The van der Waals surface area contributed by atoms with Crippen LogP contribution in [0.1, 0.15) is 9.67 Å². The number of para-hydroxylation sites is 1. The van der Waals surface area contributed by atoms with E-state index >= 15 is 0 Å². The van der Waals surface area contributed by atoms with E-state index in [4.69, 9.17) is 11.6 Å². The van der Waals surface area contributed by atoms with Gasteiger partial charge in [0.1, 0.15) is 0 Å². The van der Waals surface area contributed by atoms with Crippen molar-refractivity contribution in [1.82, 2.24) is 4.57 Å². The first-order valence-electron chi connectivity index (χ1n) is 5.66. The molecule has 0 spiro atoms. The molecular weight excluding hydrogens is 346 g/mol. The minimum atomic E-state index is 0.0827. The summed E-state index contributed by atoms with van der Waals surface area (Å²) in [5.41, 5.74) is 0.980. The van der Waals surface area contributed by atoms with E-state index in [9.17, 15) is 4.79 Å². The Kier molecular flexibility index (Phi) is 3.48. The summed E-state index contributed by atoms with van der Waals surface area (Å²) in [5.74, 6) is 0.0827. The number of hydrogen-bond donors (Lipinski definition) is 0. The SMILES string of the molecule is O=C(Cn1cc(Cl)c2ccccc21)c1sccc1Br. The van der Waals surface area contributed by atoms with E-state index in [0.717, 1.165) is 20.3 Å². The van der Waals surface area contributed by atoms with Gasteiger partial charge in [-0.1, -0.05) is 29.8 Å². The molecule has 0 radical (unpaired) electrons. The average Bonchev–Trinajstić information content (AvgIpc) is 2.95. The van der Waals surface area contributed by atoms with Crippen LogP contribution >= 0.6 is 38.9 Å². The first kappa shape index (κ1) is 12.9. The smallest absolute Gasteiger partial charge is 0.193 e. The molecule has 5 heteroatoms. The molecule has 3 aromatic rings. The van der Waals surface area contributed by atoms with Gasteiger partial charge in [-0.3, -0.25) is 4.79 Å². The lowest BCUT2D eigenvalue weighted by Gasteiger charge is -2.03. The molecule has 0 atom stereocenters. The second-order valence-electron chi connectivity index (χ2n) is 4.14. The number of thiophene rings is 1. The number of carbonyl (C=O) groups is 1. The van der Waals surface area contributed by atoms with Crippen molar-refractivity contribution in [1.29, 1.82) is 0 Å². The van der Waals surface area contributed by atoms with Gasteiger partial charge in [0.15, 0.2) is 5.78 Å². The topological polar surface area (TPSA) is 22.0 Å². The summed E-state index contributed by atoms with van der Waals surface area (Å²) >= 11 is 11.0. The molecule has 0 aliphatic rings. The fourth-order valence-electron chi connectivity index (χ4n) is 2.05. The van der Waals surface area contributed by atoms with Crippen molar-refractivity contribution in [2.75, 3.05) is 0 Å². The van der Waals surface area contributed by atoms with Crippen LogP contribution < -0.4 is 0 Å². The molecule has 2 aromatic heterocycles. The van der Waals surface area contributed by atoms with Crippen LogP contribution in [0.25, 0.3) is 10.9 Å². The Balaban J connectivity index is 1.98. The highest BCUT2D eigenvalue weighted by Crippen LogP contribution is 2.27. The predicted molar refractivity (Wildman–Crippen MR) is 83.3 cm³/mol. The minimum absolute atomic E-state index is 0.0827. The largest absolute Gasteiger partial charge is 0.338 e. The Morgan fingerprint density at radius 2 is 2.11 bits per heavy atom. The third-order valence-electron chi connectivity index (χ3n) is 2.92. The molecule has 2 nitrogen and oxygen atoms in total. The summed E-state index contributed by atoms with van der Waals surface area (Å²) in [5, 5.41) is 3.55. The van der Waals surface area contributed by atoms with Crippen molar-refractivity contribution < 1.29 is 4.79 Å². The molecule has 0 N–H and O–H groups in total. The zero-order valence-corrected chi connectivity index (χ0v) is 12.9. The highest BCUT2D eigenvalue weighted by Gasteiger charge is 2.14. The van der Waals surface area contributed by atoms with Crippen LogP contribution in [-0.2, 0) is 6.54 Å². The highest BCUT2D eigenvalue weighted by atomic mass is 79.9. The van der Waals surface area contributed by atoms with Crippen LogP contribution in [0.15, 0.2) is 46.4 Å². The number of benzene rings is 1. The molecule has 0 amide bonds. The van der Waals surface area contributed by atoms with Gasteiger partial charge in [-0.2, -0.15) is 0 Å². The fraction of sp³-hybridized carbons (Fsp3) is 0.0714. The number of Topliss-reactive ketones (excluding diaryl/α,β-unsaturated/α-hetero) is 1. The molecular formula is C14H9BrClNOS. The number of nitrogens with zero attached hydrogens (tertiary/aromatic N) is 1. The number of ketones is 1. The number of aromatic nitrogens is 1. The van der Waals surface area contributed by atoms with Gasteiger partial charge >= 0.3 is 0 Å². The van der Waals surface area contributed by atoms with E-state index in [1.807, 2.05) is 46.5 Å². The number of carbonyl (C=O) groups excluding carboxylic acids is 1. The van der Waals surface area contributed by atoms with E-state index in [0.29, 0.717) is 11.6 Å². The molecule has 1 aromatic carbocycles. The van der Waals surface area contributed by atoms with Crippen molar-refractivity contribution in [3.63, 3.8) is 0 Å². The quantitative estimate of drug-likeness (QED) is 0.607. The number of fused-ring (bicyclic) bond motifs is 1. The Morgan fingerprint density at radius 3 is 2.84 bits per heavy atom. The first-order chi connectivity index (χ1) is 9.16. The Morgan fingerprint density at radius 1 is 1.32 bits per heavy atom. The zero-order chi connectivity index (χ0) is 13.4. The summed E-state index contributed by atoms with van der Waals surface area (Å²) in [4.78, 5) is 13.0. The minimum Gasteiger partial charge on any atom is -0.338 e. The number of rotatable bonds is 3. The second-order valence-corrected chi connectivity index (χ2v) is 6.32. The van der Waals surface area contributed by atoms with Gasteiger partial charge in [0.25, 0.3) is 0 Å². The molecule has 0 bridgehead atoms. The van der Waals surface area contributed by atoms with Gasteiger partial charge < -0.3 is 4.57 Å². The molecule has 3 rings (SSSR count). The van der Waals surface area contributed by atoms with Gasteiger partial charge in [-0.25, -0.2) is 0 Å². The Bertz CT molecular complexity index is 762. The third-order valence-corrected chi connectivity index (χ3v) is 5.10. The second kappa shape index (κ2) is 5.12. The summed E-state index contributed by atoms with van der Waals surface area (Å²) in [6.45, 7) is 0.298. The first-order valence-corrected chi connectivity index (χ1v) is 7.71. The molecule has 0 saturated heterocycles. The zero-order valence-electron chi connectivity index (χ0n) is 9.77. The van der Waals surface area contributed by atoms with Gasteiger partial charge in [0.2, 0.25) is 0 Å². The normalized spacial score (nSPS) is 11.1. The van der Waals surface area contributed by atoms with Gasteiger partial charge in [-0.15, -0.1) is 11.3 Å². The van der Waals surface area contributed by atoms with Crippen molar-refractivity contribution in [3.05, 3.63) is 56.3 Å². The molecule has 2 heterocycles.